The Hall–Kier alpha value is -0.120. The summed E-state index contributed by atoms with van der Waals surface area (Å²) < 4.78 is 5.32. The number of nitrogens with one attached hydrogen (secondary N) is 1. The molecule has 0 aromatic rings. The minimum absolute atomic E-state index is 0.183. The first kappa shape index (κ1) is 12.0. The first-order chi connectivity index (χ1) is 6.83. The summed E-state index contributed by atoms with van der Waals surface area (Å²) in [7, 11) is 0. The van der Waals surface area contributed by atoms with Crippen LogP contribution in [0.2, 0.25) is 0 Å². The summed E-state index contributed by atoms with van der Waals surface area (Å²) in [6.07, 6.45) is 4.39. The van der Waals surface area contributed by atoms with Gasteiger partial charge in [-0.25, -0.2) is 0 Å². The molecule has 1 heterocycles. The Morgan fingerprint density at radius 1 is 1.36 bits per heavy atom. The highest BCUT2D eigenvalue weighted by atomic mass is 16.5. The molecule has 0 amide bonds. The second-order valence-electron chi connectivity index (χ2n) is 4.21. The second-order valence-corrected chi connectivity index (χ2v) is 4.21. The van der Waals surface area contributed by atoms with Crippen molar-refractivity contribution in [3.05, 3.63) is 0 Å². The van der Waals surface area contributed by atoms with Crippen LogP contribution in [0.4, 0.5) is 0 Å². The van der Waals surface area contributed by atoms with Crippen LogP contribution >= 0.6 is 0 Å². The van der Waals surface area contributed by atoms with Crippen molar-refractivity contribution in [3.8, 4) is 0 Å². The van der Waals surface area contributed by atoms with Crippen molar-refractivity contribution < 1.29 is 9.84 Å². The summed E-state index contributed by atoms with van der Waals surface area (Å²) in [5.74, 6) is 0. The molecule has 14 heavy (non-hydrogen) atoms. The van der Waals surface area contributed by atoms with E-state index in [2.05, 4.69) is 5.32 Å². The predicted octanol–water partition coefficient (Wildman–Crippen LogP) is 1.17. The van der Waals surface area contributed by atoms with Gasteiger partial charge in [0.1, 0.15) is 0 Å². The Morgan fingerprint density at radius 2 is 2.07 bits per heavy atom. The van der Waals surface area contributed by atoms with Gasteiger partial charge in [0.05, 0.1) is 0 Å². The van der Waals surface area contributed by atoms with Gasteiger partial charge in [-0.15, -0.1) is 0 Å². The number of hydrogen-bond donors (Lipinski definition) is 2. The van der Waals surface area contributed by atoms with Gasteiger partial charge < -0.3 is 15.2 Å². The molecule has 3 nitrogen and oxygen atoms in total. The molecule has 0 aliphatic carbocycles. The molecule has 0 unspecified atom stereocenters. The second kappa shape index (κ2) is 6.38. The topological polar surface area (TPSA) is 41.5 Å². The maximum absolute atomic E-state index is 9.43. The highest BCUT2D eigenvalue weighted by Gasteiger charge is 2.30. The van der Waals surface area contributed by atoms with Crippen molar-refractivity contribution in [2.75, 3.05) is 32.9 Å². The molecule has 1 aliphatic heterocycles. The maximum atomic E-state index is 9.43. The molecule has 3 heteroatoms. The van der Waals surface area contributed by atoms with Gasteiger partial charge in [-0.05, 0) is 51.1 Å². The maximum Gasteiger partial charge on any atom is 0.0488 e. The molecular weight excluding hydrogens is 178 g/mol. The van der Waals surface area contributed by atoms with Crippen LogP contribution in [-0.2, 0) is 4.74 Å². The fourth-order valence-electron chi connectivity index (χ4n) is 2.14. The fraction of sp³-hybridized carbons (Fsp3) is 1.00. The van der Waals surface area contributed by atoms with Crippen molar-refractivity contribution in [3.63, 3.8) is 0 Å². The molecule has 84 valence electrons. The van der Waals surface area contributed by atoms with Crippen LogP contribution in [0.25, 0.3) is 0 Å². The van der Waals surface area contributed by atoms with E-state index in [4.69, 9.17) is 4.74 Å². The van der Waals surface area contributed by atoms with Crippen LogP contribution in [-0.4, -0.2) is 38.0 Å². The molecule has 0 saturated carbocycles. The molecule has 0 spiro atoms. The quantitative estimate of drug-likeness (QED) is 0.634. The Bertz CT molecular complexity index is 144. The van der Waals surface area contributed by atoms with Crippen LogP contribution in [0, 0.1) is 5.41 Å². The molecule has 0 radical (unpaired) electrons. The van der Waals surface area contributed by atoms with Crippen molar-refractivity contribution in [1.29, 1.82) is 0 Å². The summed E-state index contributed by atoms with van der Waals surface area (Å²) in [5, 5.41) is 12.8. The molecule has 0 aromatic heterocycles. The summed E-state index contributed by atoms with van der Waals surface area (Å²) in [4.78, 5) is 0. The normalized spacial score (nSPS) is 21.0. The lowest BCUT2D eigenvalue weighted by Gasteiger charge is -2.36. The third-order valence-electron chi connectivity index (χ3n) is 3.20. The number of ether oxygens (including phenoxy) is 1. The Morgan fingerprint density at radius 3 is 2.64 bits per heavy atom. The summed E-state index contributed by atoms with van der Waals surface area (Å²) in [6.45, 7) is 6.09. The fourth-order valence-corrected chi connectivity index (χ4v) is 2.14. The van der Waals surface area contributed by atoms with E-state index in [9.17, 15) is 5.11 Å². The van der Waals surface area contributed by atoms with Crippen LogP contribution in [0.5, 0.6) is 0 Å². The molecule has 0 atom stereocenters. The van der Waals surface area contributed by atoms with E-state index >= 15 is 0 Å². The van der Waals surface area contributed by atoms with Gasteiger partial charge in [0.2, 0.25) is 0 Å². The van der Waals surface area contributed by atoms with E-state index in [0.717, 1.165) is 52.0 Å². The van der Waals surface area contributed by atoms with E-state index in [0.29, 0.717) is 6.61 Å². The van der Waals surface area contributed by atoms with Crippen molar-refractivity contribution >= 4 is 0 Å². The molecule has 0 aromatic carbocycles. The van der Waals surface area contributed by atoms with Crippen molar-refractivity contribution in [2.45, 2.75) is 32.6 Å². The van der Waals surface area contributed by atoms with E-state index in [1.165, 1.54) is 0 Å². The average molecular weight is 201 g/mol. The zero-order chi connectivity index (χ0) is 10.3. The first-order valence-corrected chi connectivity index (χ1v) is 5.72. The highest BCUT2D eigenvalue weighted by Crippen LogP contribution is 2.33. The summed E-state index contributed by atoms with van der Waals surface area (Å²) in [5.41, 5.74) is 0.183. The van der Waals surface area contributed by atoms with Crippen LogP contribution in [0.3, 0.4) is 0 Å². The molecule has 1 fully saturated rings. The molecule has 2 N–H and O–H groups in total. The Labute approximate surface area is 86.8 Å². The number of hydrogen-bond acceptors (Lipinski definition) is 3. The third kappa shape index (κ3) is 3.56. The monoisotopic (exact) mass is 201 g/mol. The van der Waals surface area contributed by atoms with Gasteiger partial charge in [0.25, 0.3) is 0 Å². The van der Waals surface area contributed by atoms with Gasteiger partial charge >= 0.3 is 0 Å². The highest BCUT2D eigenvalue weighted by molar-refractivity contribution is 4.83. The first-order valence-electron chi connectivity index (χ1n) is 5.72. The molecule has 1 rings (SSSR count). The zero-order valence-corrected chi connectivity index (χ0v) is 9.22. The minimum atomic E-state index is 0.183. The number of aliphatic hydroxyl groups excluding tert-OH is 1. The van der Waals surface area contributed by atoms with Gasteiger partial charge in [0.15, 0.2) is 0 Å². The van der Waals surface area contributed by atoms with E-state index in [-0.39, 0.29) is 5.41 Å². The molecule has 1 saturated heterocycles. The molecular formula is C11H23NO2. The van der Waals surface area contributed by atoms with Crippen LogP contribution in [0.1, 0.15) is 32.6 Å². The lowest BCUT2D eigenvalue weighted by atomic mass is 9.76. The molecule has 1 aliphatic rings. The summed E-state index contributed by atoms with van der Waals surface area (Å²) in [6, 6.07) is 0. The Kier molecular flexibility index (Phi) is 5.45. The van der Waals surface area contributed by atoms with Crippen LogP contribution in [0.15, 0.2) is 0 Å². The van der Waals surface area contributed by atoms with E-state index in [1.807, 2.05) is 6.92 Å². The van der Waals surface area contributed by atoms with E-state index < -0.39 is 0 Å². The Balaban J connectivity index is 2.22. The summed E-state index contributed by atoms with van der Waals surface area (Å²) >= 11 is 0. The van der Waals surface area contributed by atoms with Gasteiger partial charge in [-0.1, -0.05) is 0 Å². The number of piperidine rings is 1. The largest absolute Gasteiger partial charge is 0.396 e. The van der Waals surface area contributed by atoms with Crippen LogP contribution < -0.4 is 5.32 Å². The van der Waals surface area contributed by atoms with E-state index in [1.54, 1.807) is 0 Å². The number of rotatable bonds is 6. The van der Waals surface area contributed by atoms with Crippen molar-refractivity contribution in [2.24, 2.45) is 5.41 Å². The van der Waals surface area contributed by atoms with Gasteiger partial charge in [0, 0.05) is 19.8 Å². The van der Waals surface area contributed by atoms with Gasteiger partial charge in [-0.3, -0.25) is 0 Å². The lowest BCUT2D eigenvalue weighted by Crippen LogP contribution is -2.39. The lowest BCUT2D eigenvalue weighted by molar-refractivity contribution is 0.0628. The average Bonchev–Trinajstić information content (AvgIpc) is 2.26. The molecule has 0 bridgehead atoms. The smallest absolute Gasteiger partial charge is 0.0488 e. The third-order valence-corrected chi connectivity index (χ3v) is 3.20. The van der Waals surface area contributed by atoms with Gasteiger partial charge in [-0.2, -0.15) is 0 Å². The zero-order valence-electron chi connectivity index (χ0n) is 9.22. The SMILES string of the molecule is CCOCCCC1(CO)CCNCC1. The standard InChI is InChI=1S/C11H23NO2/c1-2-14-9-3-4-11(10-13)5-7-12-8-6-11/h12-13H,2-10H2,1H3. The predicted molar refractivity (Wildman–Crippen MR) is 57.3 cm³/mol. The minimum Gasteiger partial charge on any atom is -0.396 e. The number of aliphatic hydroxyl groups is 1. The van der Waals surface area contributed by atoms with Crippen molar-refractivity contribution in [1.82, 2.24) is 5.32 Å².